The molecule has 0 unspecified atom stereocenters. The van der Waals surface area contributed by atoms with E-state index in [4.69, 9.17) is 0 Å². The Labute approximate surface area is 162 Å². The van der Waals surface area contributed by atoms with Gasteiger partial charge in [0.15, 0.2) is 0 Å². The van der Waals surface area contributed by atoms with Crippen LogP contribution < -0.4 is 10.2 Å². The maximum absolute atomic E-state index is 13.8. The summed E-state index contributed by atoms with van der Waals surface area (Å²) in [6.07, 6.45) is 6.47. The third-order valence-electron chi connectivity index (χ3n) is 4.95. The lowest BCUT2D eigenvalue weighted by molar-refractivity contribution is 0.423. The molecule has 4 rings (SSSR count). The zero-order valence-electron chi connectivity index (χ0n) is 15.0. The third-order valence-corrected chi connectivity index (χ3v) is 5.83. The first-order valence-electron chi connectivity index (χ1n) is 9.22. The zero-order chi connectivity index (χ0) is 18.5. The molecule has 1 aliphatic heterocycles. The van der Waals surface area contributed by atoms with E-state index in [-0.39, 0.29) is 5.82 Å². The standard InChI is InChI=1S/C20H22FN5S/c21-18-4-2-1-3-16(18)13-19-24-25-20(27-19)23-14-15-7-11-26(12-8-15)17-5-9-22-10-6-17/h1-6,9-10,15H,7-8,11-14H2,(H,23,25). The molecule has 7 heteroatoms. The fraction of sp³-hybridized carbons (Fsp3) is 0.350. The van der Waals surface area contributed by atoms with Crippen LogP contribution in [0.4, 0.5) is 15.2 Å². The molecule has 5 nitrogen and oxygen atoms in total. The third kappa shape index (κ3) is 4.60. The summed E-state index contributed by atoms with van der Waals surface area (Å²) in [6, 6.07) is 10.9. The Bertz CT molecular complexity index is 862. The Morgan fingerprint density at radius 3 is 2.63 bits per heavy atom. The van der Waals surface area contributed by atoms with Gasteiger partial charge in [-0.25, -0.2) is 4.39 Å². The number of benzene rings is 1. The number of nitrogens with zero attached hydrogens (tertiary/aromatic N) is 4. The molecule has 3 heterocycles. The lowest BCUT2D eigenvalue weighted by Gasteiger charge is -2.33. The lowest BCUT2D eigenvalue weighted by atomic mass is 9.96. The van der Waals surface area contributed by atoms with Crippen LogP contribution in [-0.2, 0) is 6.42 Å². The Morgan fingerprint density at radius 2 is 1.85 bits per heavy atom. The minimum atomic E-state index is -0.192. The number of hydrogen-bond acceptors (Lipinski definition) is 6. The van der Waals surface area contributed by atoms with Crippen molar-refractivity contribution >= 4 is 22.2 Å². The SMILES string of the molecule is Fc1ccccc1Cc1nnc(NCC2CCN(c3ccncc3)CC2)s1. The van der Waals surface area contributed by atoms with Crippen molar-refractivity contribution in [1.29, 1.82) is 0 Å². The van der Waals surface area contributed by atoms with Crippen molar-refractivity contribution in [3.63, 3.8) is 0 Å². The number of anilines is 2. The topological polar surface area (TPSA) is 53.9 Å². The first-order chi connectivity index (χ1) is 13.3. The summed E-state index contributed by atoms with van der Waals surface area (Å²) in [5.41, 5.74) is 1.90. The van der Waals surface area contributed by atoms with Crippen molar-refractivity contribution in [2.24, 2.45) is 5.92 Å². The molecule has 1 aliphatic rings. The Balaban J connectivity index is 1.25. The summed E-state index contributed by atoms with van der Waals surface area (Å²) in [7, 11) is 0. The van der Waals surface area contributed by atoms with Gasteiger partial charge in [-0.2, -0.15) is 0 Å². The first kappa shape index (κ1) is 17.9. The number of pyridine rings is 1. The van der Waals surface area contributed by atoms with Crippen LogP contribution in [0.2, 0.25) is 0 Å². The van der Waals surface area contributed by atoms with E-state index in [1.165, 1.54) is 23.1 Å². The molecular formula is C20H22FN5S. The van der Waals surface area contributed by atoms with E-state index in [9.17, 15) is 4.39 Å². The lowest BCUT2D eigenvalue weighted by Crippen LogP contribution is -2.35. The van der Waals surface area contributed by atoms with Gasteiger partial charge >= 0.3 is 0 Å². The molecule has 1 saturated heterocycles. The number of piperidine rings is 1. The summed E-state index contributed by atoms with van der Waals surface area (Å²) >= 11 is 1.51. The van der Waals surface area contributed by atoms with Gasteiger partial charge in [0.25, 0.3) is 0 Å². The number of hydrogen-bond donors (Lipinski definition) is 1. The van der Waals surface area contributed by atoms with Crippen molar-refractivity contribution in [3.8, 4) is 0 Å². The average Bonchev–Trinajstić information content (AvgIpc) is 3.17. The highest BCUT2D eigenvalue weighted by Crippen LogP contribution is 2.24. The molecule has 0 atom stereocenters. The van der Waals surface area contributed by atoms with Crippen molar-refractivity contribution in [3.05, 3.63) is 65.2 Å². The average molecular weight is 383 g/mol. The van der Waals surface area contributed by atoms with Crippen molar-refractivity contribution in [2.45, 2.75) is 19.3 Å². The second-order valence-corrected chi connectivity index (χ2v) is 7.85. The van der Waals surface area contributed by atoms with Crippen LogP contribution in [-0.4, -0.2) is 34.8 Å². The number of halogens is 1. The van der Waals surface area contributed by atoms with E-state index in [0.717, 1.165) is 42.6 Å². The van der Waals surface area contributed by atoms with E-state index in [2.05, 4.69) is 37.5 Å². The molecule has 0 aliphatic carbocycles. The van der Waals surface area contributed by atoms with Crippen LogP contribution in [0.15, 0.2) is 48.8 Å². The number of nitrogens with one attached hydrogen (secondary N) is 1. The minimum absolute atomic E-state index is 0.192. The van der Waals surface area contributed by atoms with Crippen LogP contribution in [0.1, 0.15) is 23.4 Å². The number of rotatable bonds is 6. The normalized spacial score (nSPS) is 15.1. The highest BCUT2D eigenvalue weighted by atomic mass is 32.1. The highest BCUT2D eigenvalue weighted by Gasteiger charge is 2.19. The van der Waals surface area contributed by atoms with Crippen molar-refractivity contribution in [1.82, 2.24) is 15.2 Å². The summed E-state index contributed by atoms with van der Waals surface area (Å²) in [6.45, 7) is 3.02. The van der Waals surface area contributed by atoms with Gasteiger partial charge in [-0.15, -0.1) is 10.2 Å². The second-order valence-electron chi connectivity index (χ2n) is 6.79. The van der Waals surface area contributed by atoms with Gasteiger partial charge in [-0.05, 0) is 42.5 Å². The molecule has 0 bridgehead atoms. The molecule has 3 aromatic rings. The molecule has 0 spiro atoms. The minimum Gasteiger partial charge on any atom is -0.371 e. The quantitative estimate of drug-likeness (QED) is 0.697. The molecule has 0 radical (unpaired) electrons. The molecule has 1 fully saturated rings. The predicted molar refractivity (Wildman–Crippen MR) is 107 cm³/mol. The van der Waals surface area contributed by atoms with E-state index in [1.807, 2.05) is 18.5 Å². The zero-order valence-corrected chi connectivity index (χ0v) is 15.8. The second kappa shape index (κ2) is 8.43. The summed E-state index contributed by atoms with van der Waals surface area (Å²) in [5, 5.41) is 13.5. The largest absolute Gasteiger partial charge is 0.371 e. The summed E-state index contributed by atoms with van der Waals surface area (Å²) in [5.74, 6) is 0.435. The first-order valence-corrected chi connectivity index (χ1v) is 10.0. The monoisotopic (exact) mass is 383 g/mol. The molecular weight excluding hydrogens is 361 g/mol. The number of aromatic nitrogens is 3. The Hall–Kier alpha value is -2.54. The van der Waals surface area contributed by atoms with E-state index in [1.54, 1.807) is 12.1 Å². The predicted octanol–water partition coefficient (Wildman–Crippen LogP) is 3.99. The van der Waals surface area contributed by atoms with Crippen LogP contribution in [0.3, 0.4) is 0 Å². The maximum Gasteiger partial charge on any atom is 0.205 e. The fourth-order valence-electron chi connectivity index (χ4n) is 3.38. The van der Waals surface area contributed by atoms with E-state index in [0.29, 0.717) is 17.9 Å². The van der Waals surface area contributed by atoms with Gasteiger partial charge in [-0.3, -0.25) is 4.98 Å². The Kier molecular flexibility index (Phi) is 5.58. The van der Waals surface area contributed by atoms with Gasteiger partial charge < -0.3 is 10.2 Å². The van der Waals surface area contributed by atoms with Crippen LogP contribution >= 0.6 is 11.3 Å². The maximum atomic E-state index is 13.8. The van der Waals surface area contributed by atoms with Crippen LogP contribution in [0, 0.1) is 11.7 Å². The summed E-state index contributed by atoms with van der Waals surface area (Å²) < 4.78 is 13.8. The molecule has 1 aromatic carbocycles. The van der Waals surface area contributed by atoms with Gasteiger partial charge in [0.05, 0.1) is 0 Å². The van der Waals surface area contributed by atoms with Crippen LogP contribution in [0.25, 0.3) is 0 Å². The summed E-state index contributed by atoms with van der Waals surface area (Å²) in [4.78, 5) is 6.49. The van der Waals surface area contributed by atoms with Crippen molar-refractivity contribution < 1.29 is 4.39 Å². The molecule has 1 N–H and O–H groups in total. The molecule has 27 heavy (non-hydrogen) atoms. The van der Waals surface area contributed by atoms with E-state index >= 15 is 0 Å². The highest BCUT2D eigenvalue weighted by molar-refractivity contribution is 7.15. The van der Waals surface area contributed by atoms with Gasteiger partial charge in [0.1, 0.15) is 10.8 Å². The van der Waals surface area contributed by atoms with Gasteiger partial charge in [0.2, 0.25) is 5.13 Å². The van der Waals surface area contributed by atoms with Crippen LogP contribution in [0.5, 0.6) is 0 Å². The Morgan fingerprint density at radius 1 is 1.07 bits per heavy atom. The van der Waals surface area contributed by atoms with Crippen molar-refractivity contribution in [2.75, 3.05) is 29.9 Å². The smallest absolute Gasteiger partial charge is 0.205 e. The molecule has 2 aromatic heterocycles. The van der Waals surface area contributed by atoms with E-state index < -0.39 is 0 Å². The molecule has 140 valence electrons. The fourth-order valence-corrected chi connectivity index (χ4v) is 4.15. The molecule has 0 saturated carbocycles. The van der Waals surface area contributed by atoms with Gasteiger partial charge in [0, 0.05) is 44.1 Å². The van der Waals surface area contributed by atoms with Gasteiger partial charge in [-0.1, -0.05) is 29.5 Å². The molecule has 0 amide bonds.